The first-order chi connectivity index (χ1) is 35.8. The van der Waals surface area contributed by atoms with Crippen molar-refractivity contribution < 1.29 is 0 Å². The van der Waals surface area contributed by atoms with Crippen LogP contribution in [0.4, 0.5) is 34.1 Å². The van der Waals surface area contributed by atoms with Crippen LogP contribution in [0.15, 0.2) is 212 Å². The van der Waals surface area contributed by atoms with Crippen LogP contribution in [-0.2, 0) is 36.5 Å². The maximum absolute atomic E-state index is 2.60. The summed E-state index contributed by atoms with van der Waals surface area (Å²) < 4.78 is 0. The molecule has 0 saturated heterocycles. The first-order valence-corrected chi connectivity index (χ1v) is 27.3. The van der Waals surface area contributed by atoms with E-state index < -0.39 is 0 Å². The van der Waals surface area contributed by atoms with Crippen molar-refractivity contribution in [2.45, 2.75) is 88.9 Å². The lowest BCUT2D eigenvalue weighted by Crippen LogP contribution is -2.48. The van der Waals surface area contributed by atoms with Crippen LogP contribution in [-0.4, -0.2) is 0 Å². The van der Waals surface area contributed by atoms with Crippen LogP contribution in [0.3, 0.4) is 0 Å². The van der Waals surface area contributed by atoms with Crippen LogP contribution < -0.4 is 9.80 Å². The summed E-state index contributed by atoms with van der Waals surface area (Å²) in [6.45, 7) is 4.82. The number of anilines is 6. The molecule has 9 aliphatic carbocycles. The van der Waals surface area contributed by atoms with Crippen LogP contribution in [0.25, 0.3) is 33.4 Å². The fourth-order valence-corrected chi connectivity index (χ4v) is 15.0. The summed E-state index contributed by atoms with van der Waals surface area (Å²) >= 11 is 0. The molecule has 4 fully saturated rings. The lowest BCUT2D eigenvalue weighted by Gasteiger charge is -2.57. The van der Waals surface area contributed by atoms with Crippen LogP contribution in [0, 0.1) is 17.8 Å². The van der Waals surface area contributed by atoms with Gasteiger partial charge >= 0.3 is 0 Å². The van der Waals surface area contributed by atoms with Gasteiger partial charge in [0.25, 0.3) is 0 Å². The topological polar surface area (TPSA) is 6.48 Å². The Morgan fingerprint density at radius 1 is 0.356 bits per heavy atom. The number of fused-ring (bicyclic) bond motifs is 3. The first-order valence-electron chi connectivity index (χ1n) is 27.3. The van der Waals surface area contributed by atoms with Crippen LogP contribution >= 0.6 is 0 Å². The molecule has 0 N–H and O–H groups in total. The van der Waals surface area contributed by atoms with E-state index in [-0.39, 0.29) is 5.41 Å². The quantitative estimate of drug-likeness (QED) is 0.142. The largest absolute Gasteiger partial charge is 0.310 e. The molecule has 0 aromatic heterocycles. The Morgan fingerprint density at radius 3 is 1.55 bits per heavy atom. The second kappa shape index (κ2) is 17.7. The van der Waals surface area contributed by atoms with E-state index >= 15 is 0 Å². The van der Waals surface area contributed by atoms with Gasteiger partial charge in [-0.05, 0) is 215 Å². The lowest BCUT2D eigenvalue weighted by atomic mass is 9.48. The summed E-state index contributed by atoms with van der Waals surface area (Å²) in [5, 5.41) is 0. The van der Waals surface area contributed by atoms with Crippen molar-refractivity contribution in [2.24, 2.45) is 17.8 Å². The lowest BCUT2D eigenvalue weighted by molar-refractivity contribution is -0.00518. The molecule has 2 nitrogen and oxygen atoms in total. The van der Waals surface area contributed by atoms with Gasteiger partial charge in [0.2, 0.25) is 0 Å². The monoisotopic (exact) mass is 945 g/mol. The van der Waals surface area contributed by atoms with Crippen molar-refractivity contribution >= 4 is 34.1 Å². The highest BCUT2D eigenvalue weighted by molar-refractivity contribution is 5.92. The van der Waals surface area contributed by atoms with E-state index in [1.807, 2.05) is 0 Å². The molecule has 4 saturated carbocycles. The number of para-hydroxylation sites is 2. The predicted octanol–water partition coefficient (Wildman–Crippen LogP) is 18.6. The fourth-order valence-electron chi connectivity index (χ4n) is 15.0. The van der Waals surface area contributed by atoms with E-state index in [0.29, 0.717) is 5.41 Å². The SMILES string of the molecule is CC1(C)c2ccc(-c3ccccc3)cc2-c2ccc(N(c3cc4ccc3CCc3ccc(c(N(c5ccccc5)c5ccc(C67CC8CC(CC(C8)C6)C7)cc5)c3)CC4)c3ccccc3-c3ccccc3)cc21. The highest BCUT2D eigenvalue weighted by atomic mass is 15.2. The molecule has 9 aromatic rings. The average molecular weight is 945 g/mol. The molecule has 0 aliphatic heterocycles. The Bertz CT molecular complexity index is 3480. The van der Waals surface area contributed by atoms with Gasteiger partial charge in [0.15, 0.2) is 0 Å². The third-order valence-corrected chi connectivity index (χ3v) is 18.2. The van der Waals surface area contributed by atoms with Crippen LogP contribution in [0.1, 0.15) is 91.3 Å². The van der Waals surface area contributed by atoms with Gasteiger partial charge in [-0.15, -0.1) is 0 Å². The van der Waals surface area contributed by atoms with Gasteiger partial charge in [0.05, 0.1) is 5.69 Å². The minimum absolute atomic E-state index is 0.171. The van der Waals surface area contributed by atoms with E-state index in [9.17, 15) is 0 Å². The summed E-state index contributed by atoms with van der Waals surface area (Å²) in [5.41, 5.74) is 25.0. The van der Waals surface area contributed by atoms with Crippen LogP contribution in [0.5, 0.6) is 0 Å². The van der Waals surface area contributed by atoms with Gasteiger partial charge in [-0.2, -0.15) is 0 Å². The van der Waals surface area contributed by atoms with Crippen molar-refractivity contribution in [1.82, 2.24) is 0 Å². The fraction of sp³-hybridized carbons (Fsp3) is 0.239. The predicted molar refractivity (Wildman–Crippen MR) is 305 cm³/mol. The molecule has 0 atom stereocenters. The number of rotatable bonds is 9. The highest BCUT2D eigenvalue weighted by Gasteiger charge is 2.51. The second-order valence-corrected chi connectivity index (χ2v) is 23.0. The molecule has 9 aromatic carbocycles. The zero-order valence-corrected chi connectivity index (χ0v) is 42.4. The van der Waals surface area contributed by atoms with Gasteiger partial charge in [0.1, 0.15) is 0 Å². The van der Waals surface area contributed by atoms with E-state index in [4.69, 9.17) is 0 Å². The summed E-state index contributed by atoms with van der Waals surface area (Å²) in [6.07, 6.45) is 12.3. The zero-order chi connectivity index (χ0) is 48.7. The van der Waals surface area contributed by atoms with Crippen molar-refractivity contribution in [3.63, 3.8) is 0 Å². The Morgan fingerprint density at radius 2 is 0.904 bits per heavy atom. The second-order valence-electron chi connectivity index (χ2n) is 23.0. The summed E-state index contributed by atoms with van der Waals surface area (Å²) in [5.74, 6) is 2.80. The van der Waals surface area contributed by atoms with E-state index in [1.165, 1.54) is 139 Å². The van der Waals surface area contributed by atoms with Crippen molar-refractivity contribution in [1.29, 1.82) is 0 Å². The normalized spacial score (nSPS) is 20.8. The number of hydrogen-bond donors (Lipinski definition) is 0. The maximum atomic E-state index is 2.60. The Balaban J connectivity index is 0.853. The standard InChI is InChI=1S/C71H64N2/c1-70(2)65-37-30-57(53-14-6-3-7-15-53)43-64(65)63-36-35-61(44-66(63)70)73(67-21-13-12-20-62(67)54-16-8-4-9-17-54)69-42-49-23-27-55-26-22-48(24-28-56(69)29-25-49)41-68(55)72(59-18-10-5-11-19-59)60-33-31-58(32-34-60)71-45-50-38-51(46-71)40-52(39-50)47-71/h3-22,25-26,29-37,41-44,50-52H,23-24,27-28,38-40,45-47H2,1-2H3. The number of aryl methyl sites for hydroxylation is 4. The van der Waals surface area contributed by atoms with Gasteiger partial charge in [-0.25, -0.2) is 0 Å². The van der Waals surface area contributed by atoms with Crippen molar-refractivity contribution in [3.8, 4) is 33.4 Å². The molecule has 0 amide bonds. The molecular weight excluding hydrogens is 881 g/mol. The first kappa shape index (κ1) is 44.3. The third-order valence-electron chi connectivity index (χ3n) is 18.2. The number of nitrogens with zero attached hydrogens (tertiary/aromatic N) is 2. The van der Waals surface area contributed by atoms with E-state index in [2.05, 4.69) is 236 Å². The molecule has 18 rings (SSSR count). The minimum Gasteiger partial charge on any atom is -0.310 e. The zero-order valence-electron chi connectivity index (χ0n) is 42.4. The van der Waals surface area contributed by atoms with Gasteiger partial charge in [-0.3, -0.25) is 0 Å². The average Bonchev–Trinajstić information content (AvgIpc) is 3.65. The minimum atomic E-state index is -0.171. The molecule has 358 valence electrons. The summed E-state index contributed by atoms with van der Waals surface area (Å²) in [6, 6.07) is 81.0. The molecule has 0 heterocycles. The van der Waals surface area contributed by atoms with Crippen LogP contribution in [0.2, 0.25) is 0 Å². The van der Waals surface area contributed by atoms with E-state index in [1.54, 1.807) is 5.56 Å². The van der Waals surface area contributed by atoms with Gasteiger partial charge < -0.3 is 9.80 Å². The molecule has 8 bridgehead atoms. The third kappa shape index (κ3) is 7.76. The molecule has 73 heavy (non-hydrogen) atoms. The Hall–Kier alpha value is -7.42. The molecule has 2 heteroatoms. The van der Waals surface area contributed by atoms with Crippen molar-refractivity contribution in [2.75, 3.05) is 9.80 Å². The van der Waals surface area contributed by atoms with Gasteiger partial charge in [0, 0.05) is 39.4 Å². The summed E-state index contributed by atoms with van der Waals surface area (Å²) in [7, 11) is 0. The summed E-state index contributed by atoms with van der Waals surface area (Å²) in [4.78, 5) is 5.15. The molecule has 0 radical (unpaired) electrons. The maximum Gasteiger partial charge on any atom is 0.0540 e. The Kier molecular flexibility index (Phi) is 10.7. The molecular formula is C71H64N2. The van der Waals surface area contributed by atoms with Crippen molar-refractivity contribution in [3.05, 3.63) is 251 Å². The molecule has 0 spiro atoms. The molecule has 0 unspecified atom stereocenters. The Labute approximate surface area is 433 Å². The number of hydrogen-bond acceptors (Lipinski definition) is 2. The number of benzene rings is 9. The molecule has 9 aliphatic rings. The van der Waals surface area contributed by atoms with E-state index in [0.717, 1.165) is 43.4 Å². The van der Waals surface area contributed by atoms with Gasteiger partial charge in [-0.1, -0.05) is 166 Å². The smallest absolute Gasteiger partial charge is 0.0540 e. The highest BCUT2D eigenvalue weighted by Crippen LogP contribution is 2.61.